The van der Waals surface area contributed by atoms with Crippen molar-refractivity contribution in [2.45, 2.75) is 19.4 Å². The Labute approximate surface area is 176 Å². The lowest BCUT2D eigenvalue weighted by Crippen LogP contribution is -2.17. The van der Waals surface area contributed by atoms with Gasteiger partial charge in [0.15, 0.2) is 0 Å². The van der Waals surface area contributed by atoms with Crippen LogP contribution in [0.2, 0.25) is 0 Å². The second-order valence-electron chi connectivity index (χ2n) is 8.15. The van der Waals surface area contributed by atoms with Gasteiger partial charge in [0.1, 0.15) is 0 Å². The lowest BCUT2D eigenvalue weighted by Gasteiger charge is -2.22. The minimum Gasteiger partial charge on any atom is -0.386 e. The van der Waals surface area contributed by atoms with Crippen molar-refractivity contribution >= 4 is 33.2 Å². The summed E-state index contributed by atoms with van der Waals surface area (Å²) in [6, 6.07) is 33.3. The zero-order chi connectivity index (χ0) is 20.7. The zero-order valence-electron chi connectivity index (χ0n) is 17.1. The molecule has 5 rings (SSSR count). The fourth-order valence-electron chi connectivity index (χ4n) is 4.19. The van der Waals surface area contributed by atoms with E-state index in [0.29, 0.717) is 0 Å². The number of rotatable bonds is 4. The van der Waals surface area contributed by atoms with Gasteiger partial charge in [-0.1, -0.05) is 54.6 Å². The van der Waals surface area contributed by atoms with Gasteiger partial charge in [-0.2, -0.15) is 0 Å². The number of aliphatic hydroxyl groups is 1. The van der Waals surface area contributed by atoms with Gasteiger partial charge in [-0.3, -0.25) is 0 Å². The summed E-state index contributed by atoms with van der Waals surface area (Å²) in [6.45, 7) is 3.62. The Balaban J connectivity index is 1.68. The molecule has 1 heterocycles. The van der Waals surface area contributed by atoms with E-state index in [1.54, 1.807) is 0 Å². The summed E-state index contributed by atoms with van der Waals surface area (Å²) in [5, 5.41) is 16.5. The molecule has 3 nitrogen and oxygen atoms in total. The molecule has 0 amide bonds. The maximum absolute atomic E-state index is 10.5. The third kappa shape index (κ3) is 3.14. The van der Waals surface area contributed by atoms with E-state index < -0.39 is 5.60 Å². The third-order valence-electron chi connectivity index (χ3n) is 5.55. The number of nitrogens with zero attached hydrogens (tertiary/aromatic N) is 1. The molecule has 0 atom stereocenters. The molecular formula is C27H24N2O. The second-order valence-corrected chi connectivity index (χ2v) is 8.15. The standard InChI is InChI=1S/C27H24N2O/c1-27(2,30)23-13-7-8-14-24(23)28-19-16-17-26-22(18-19)21-12-6-9-15-25(21)29(26)20-10-4-3-5-11-20/h3-18,28,30H,1-2H3. The molecule has 0 unspecified atom stereocenters. The van der Waals surface area contributed by atoms with E-state index in [1.807, 2.05) is 44.2 Å². The molecule has 0 bridgehead atoms. The van der Waals surface area contributed by atoms with Crippen molar-refractivity contribution in [1.82, 2.24) is 4.57 Å². The topological polar surface area (TPSA) is 37.2 Å². The highest BCUT2D eigenvalue weighted by Crippen LogP contribution is 2.35. The lowest BCUT2D eigenvalue weighted by atomic mass is 9.96. The van der Waals surface area contributed by atoms with E-state index in [9.17, 15) is 5.11 Å². The molecule has 4 aromatic carbocycles. The van der Waals surface area contributed by atoms with E-state index in [2.05, 4.69) is 76.6 Å². The molecular weight excluding hydrogens is 368 g/mol. The van der Waals surface area contributed by atoms with Crippen LogP contribution in [0.4, 0.5) is 11.4 Å². The highest BCUT2D eigenvalue weighted by Gasteiger charge is 2.20. The van der Waals surface area contributed by atoms with Gasteiger partial charge in [0, 0.05) is 33.4 Å². The Morgan fingerprint density at radius 2 is 1.37 bits per heavy atom. The van der Waals surface area contributed by atoms with Crippen molar-refractivity contribution in [3.05, 3.63) is 103 Å². The van der Waals surface area contributed by atoms with Crippen LogP contribution in [0, 0.1) is 0 Å². The van der Waals surface area contributed by atoms with Gasteiger partial charge in [-0.15, -0.1) is 0 Å². The molecule has 0 radical (unpaired) electrons. The van der Waals surface area contributed by atoms with Crippen molar-refractivity contribution in [3.63, 3.8) is 0 Å². The number of fused-ring (bicyclic) bond motifs is 3. The van der Waals surface area contributed by atoms with Crippen molar-refractivity contribution in [2.24, 2.45) is 0 Å². The van der Waals surface area contributed by atoms with Crippen molar-refractivity contribution < 1.29 is 5.11 Å². The maximum Gasteiger partial charge on any atom is 0.0860 e. The zero-order valence-corrected chi connectivity index (χ0v) is 17.1. The second kappa shape index (κ2) is 7.05. The van der Waals surface area contributed by atoms with Crippen LogP contribution in [0.15, 0.2) is 97.1 Å². The fraction of sp³-hybridized carbons (Fsp3) is 0.111. The Morgan fingerprint density at radius 3 is 2.17 bits per heavy atom. The molecule has 0 saturated carbocycles. The van der Waals surface area contributed by atoms with Crippen LogP contribution in [0.1, 0.15) is 19.4 Å². The molecule has 2 N–H and O–H groups in total. The monoisotopic (exact) mass is 392 g/mol. The number of anilines is 2. The van der Waals surface area contributed by atoms with Gasteiger partial charge in [-0.25, -0.2) is 0 Å². The molecule has 30 heavy (non-hydrogen) atoms. The number of hydrogen-bond donors (Lipinski definition) is 2. The summed E-state index contributed by atoms with van der Waals surface area (Å²) in [6.07, 6.45) is 0. The van der Waals surface area contributed by atoms with Crippen LogP contribution in [0.3, 0.4) is 0 Å². The van der Waals surface area contributed by atoms with Gasteiger partial charge in [0.25, 0.3) is 0 Å². The maximum atomic E-state index is 10.5. The van der Waals surface area contributed by atoms with Crippen LogP contribution >= 0.6 is 0 Å². The van der Waals surface area contributed by atoms with Crippen LogP contribution in [0.5, 0.6) is 0 Å². The van der Waals surface area contributed by atoms with Gasteiger partial charge >= 0.3 is 0 Å². The summed E-state index contributed by atoms with van der Waals surface area (Å²) in [4.78, 5) is 0. The summed E-state index contributed by atoms with van der Waals surface area (Å²) >= 11 is 0. The average molecular weight is 393 g/mol. The SMILES string of the molecule is CC(C)(O)c1ccccc1Nc1ccc2c(c1)c1ccccc1n2-c1ccccc1. The first-order valence-electron chi connectivity index (χ1n) is 10.2. The fourth-order valence-corrected chi connectivity index (χ4v) is 4.19. The molecule has 0 fully saturated rings. The molecule has 0 spiro atoms. The normalized spacial score (nSPS) is 11.8. The van der Waals surface area contributed by atoms with Gasteiger partial charge < -0.3 is 15.0 Å². The number of aromatic nitrogens is 1. The molecule has 3 heteroatoms. The number of hydrogen-bond acceptors (Lipinski definition) is 2. The molecule has 5 aromatic rings. The van der Waals surface area contributed by atoms with Gasteiger partial charge in [0.2, 0.25) is 0 Å². The average Bonchev–Trinajstić information content (AvgIpc) is 3.08. The van der Waals surface area contributed by atoms with Crippen LogP contribution in [-0.2, 0) is 5.60 Å². The van der Waals surface area contributed by atoms with E-state index in [4.69, 9.17) is 0 Å². The summed E-state index contributed by atoms with van der Waals surface area (Å²) in [7, 11) is 0. The lowest BCUT2D eigenvalue weighted by molar-refractivity contribution is 0.0794. The minimum absolute atomic E-state index is 0.872. The molecule has 0 saturated heterocycles. The Hall–Kier alpha value is -3.56. The van der Waals surface area contributed by atoms with E-state index in [0.717, 1.165) is 22.6 Å². The van der Waals surface area contributed by atoms with Crippen molar-refractivity contribution in [2.75, 3.05) is 5.32 Å². The van der Waals surface area contributed by atoms with Crippen LogP contribution < -0.4 is 5.32 Å². The summed E-state index contributed by atoms with van der Waals surface area (Å²) in [5.41, 5.74) is 5.37. The number of nitrogens with one attached hydrogen (secondary N) is 1. The van der Waals surface area contributed by atoms with E-state index in [1.165, 1.54) is 21.8 Å². The van der Waals surface area contributed by atoms with Crippen molar-refractivity contribution in [1.29, 1.82) is 0 Å². The van der Waals surface area contributed by atoms with Crippen molar-refractivity contribution in [3.8, 4) is 5.69 Å². The number of para-hydroxylation sites is 3. The Morgan fingerprint density at radius 1 is 0.700 bits per heavy atom. The minimum atomic E-state index is -0.920. The van der Waals surface area contributed by atoms with Crippen LogP contribution in [0.25, 0.3) is 27.5 Å². The third-order valence-corrected chi connectivity index (χ3v) is 5.55. The largest absolute Gasteiger partial charge is 0.386 e. The first-order valence-corrected chi connectivity index (χ1v) is 10.2. The van der Waals surface area contributed by atoms with Crippen LogP contribution in [-0.4, -0.2) is 9.67 Å². The summed E-state index contributed by atoms with van der Waals surface area (Å²) < 4.78 is 2.30. The van der Waals surface area contributed by atoms with E-state index in [-0.39, 0.29) is 0 Å². The molecule has 0 aliphatic carbocycles. The predicted molar refractivity (Wildman–Crippen MR) is 126 cm³/mol. The quantitative estimate of drug-likeness (QED) is 0.355. The van der Waals surface area contributed by atoms with Gasteiger partial charge in [0.05, 0.1) is 16.6 Å². The van der Waals surface area contributed by atoms with Gasteiger partial charge in [-0.05, 0) is 56.3 Å². The highest BCUT2D eigenvalue weighted by atomic mass is 16.3. The molecule has 1 aromatic heterocycles. The highest BCUT2D eigenvalue weighted by molar-refractivity contribution is 6.10. The smallest absolute Gasteiger partial charge is 0.0860 e. The molecule has 148 valence electrons. The van der Waals surface area contributed by atoms with E-state index >= 15 is 0 Å². The Kier molecular flexibility index (Phi) is 4.34. The predicted octanol–water partition coefficient (Wildman–Crippen LogP) is 6.75. The first kappa shape index (κ1) is 18.5. The Bertz CT molecular complexity index is 1340. The molecule has 0 aliphatic rings. The molecule has 0 aliphatic heterocycles. The summed E-state index contributed by atoms with van der Waals surface area (Å²) in [5.74, 6) is 0. The first-order chi connectivity index (χ1) is 14.5. The number of benzene rings is 4.